The van der Waals surface area contributed by atoms with Gasteiger partial charge in [0.05, 0.1) is 13.7 Å². The van der Waals surface area contributed by atoms with E-state index in [1.165, 1.54) is 18.2 Å². The lowest BCUT2D eigenvalue weighted by molar-refractivity contribution is -0.130. The number of piperidine rings is 1. The van der Waals surface area contributed by atoms with Gasteiger partial charge in [-0.3, -0.25) is 4.79 Å². The number of methoxy groups -OCH3 is 1. The zero-order valence-corrected chi connectivity index (χ0v) is 16.4. The number of halogens is 2. The number of ether oxygens (including phenoxy) is 1. The van der Waals surface area contributed by atoms with Gasteiger partial charge in [-0.2, -0.15) is 0 Å². The van der Waals surface area contributed by atoms with E-state index in [1.807, 2.05) is 24.3 Å². The van der Waals surface area contributed by atoms with Gasteiger partial charge in [-0.25, -0.2) is 8.78 Å². The summed E-state index contributed by atoms with van der Waals surface area (Å²) in [5.41, 5.74) is 0.585. The quantitative estimate of drug-likeness (QED) is 0.749. The van der Waals surface area contributed by atoms with Crippen LogP contribution in [-0.4, -0.2) is 42.7 Å². The topological polar surface area (TPSA) is 49.8 Å². The Labute approximate surface area is 169 Å². The van der Waals surface area contributed by atoms with E-state index < -0.39 is 17.0 Å². The highest BCUT2D eigenvalue weighted by Gasteiger charge is 2.37. The molecule has 154 valence electrons. The number of aliphatic hydroxyl groups is 1. The van der Waals surface area contributed by atoms with Crippen LogP contribution in [0.3, 0.4) is 0 Å². The van der Waals surface area contributed by atoms with Crippen LogP contribution in [0.15, 0.2) is 48.5 Å². The predicted octanol–water partition coefficient (Wildman–Crippen LogP) is 3.83. The number of benzene rings is 2. The Hall–Kier alpha value is -2.73. The van der Waals surface area contributed by atoms with Crippen molar-refractivity contribution in [1.82, 2.24) is 4.90 Å². The van der Waals surface area contributed by atoms with E-state index in [0.29, 0.717) is 31.5 Å². The number of carbonyl (C=O) groups excluding carboxylic acids is 1. The molecule has 1 unspecified atom stereocenters. The van der Waals surface area contributed by atoms with Gasteiger partial charge < -0.3 is 14.7 Å². The summed E-state index contributed by atoms with van der Waals surface area (Å²) in [5.74, 6) is -0.669. The van der Waals surface area contributed by atoms with E-state index >= 15 is 0 Å². The Balaban J connectivity index is 1.70. The van der Waals surface area contributed by atoms with Gasteiger partial charge in [-0.15, -0.1) is 0 Å². The first-order valence-corrected chi connectivity index (χ1v) is 9.60. The Morgan fingerprint density at radius 1 is 1.24 bits per heavy atom. The first kappa shape index (κ1) is 21.0. The van der Waals surface area contributed by atoms with E-state index in [2.05, 4.69) is 0 Å². The lowest BCUT2D eigenvalue weighted by atomic mass is 9.75. The van der Waals surface area contributed by atoms with E-state index in [0.717, 1.165) is 17.4 Å². The Morgan fingerprint density at radius 2 is 2.00 bits per heavy atom. The van der Waals surface area contributed by atoms with Crippen molar-refractivity contribution >= 4 is 12.0 Å². The van der Waals surface area contributed by atoms with Gasteiger partial charge >= 0.3 is 0 Å². The van der Waals surface area contributed by atoms with Crippen LogP contribution >= 0.6 is 0 Å². The van der Waals surface area contributed by atoms with Gasteiger partial charge in [0.15, 0.2) is 0 Å². The molecule has 1 fully saturated rings. The van der Waals surface area contributed by atoms with E-state index in [4.69, 9.17) is 4.74 Å². The van der Waals surface area contributed by atoms with Crippen LogP contribution in [0.25, 0.3) is 6.08 Å². The molecule has 2 aromatic carbocycles. The van der Waals surface area contributed by atoms with Crippen molar-refractivity contribution in [2.45, 2.75) is 19.3 Å². The second-order valence-electron chi connectivity index (χ2n) is 7.54. The molecule has 1 atom stereocenters. The average Bonchev–Trinajstić information content (AvgIpc) is 2.74. The minimum atomic E-state index is -0.638. The molecule has 0 radical (unpaired) electrons. The zero-order valence-electron chi connectivity index (χ0n) is 16.4. The number of carbonyl (C=O) groups is 1. The van der Waals surface area contributed by atoms with Gasteiger partial charge in [-0.05, 0) is 54.7 Å². The molecule has 2 aromatic rings. The molecule has 29 heavy (non-hydrogen) atoms. The Bertz CT molecular complexity index is 882. The fraction of sp³-hybridized carbons (Fsp3) is 0.348. The highest BCUT2D eigenvalue weighted by atomic mass is 19.1. The van der Waals surface area contributed by atoms with Crippen molar-refractivity contribution in [2.75, 3.05) is 26.8 Å². The summed E-state index contributed by atoms with van der Waals surface area (Å²) in [5, 5.41) is 10.0. The number of nitrogens with zero attached hydrogens (tertiary/aromatic N) is 1. The van der Waals surface area contributed by atoms with E-state index in [9.17, 15) is 18.7 Å². The molecule has 6 heteroatoms. The summed E-state index contributed by atoms with van der Waals surface area (Å²) >= 11 is 0. The third-order valence-electron chi connectivity index (χ3n) is 5.42. The highest BCUT2D eigenvalue weighted by molar-refractivity contribution is 5.91. The Kier molecular flexibility index (Phi) is 6.64. The standard InChI is InChI=1S/C23H25F2NO3/c1-29-20-8-3-17(4-9-20)5-10-22(28)26-12-2-11-23(15-26,16-27)14-18-6-7-19(24)13-21(18)25/h3-10,13,27H,2,11-12,14-16H2,1H3/b10-5+. The normalized spacial score (nSPS) is 19.5. The second kappa shape index (κ2) is 9.18. The molecule has 0 bridgehead atoms. The van der Waals surface area contributed by atoms with E-state index in [-0.39, 0.29) is 18.9 Å². The smallest absolute Gasteiger partial charge is 0.246 e. The number of likely N-dealkylation sites (tertiary alicyclic amines) is 1. The van der Waals surface area contributed by atoms with Crippen LogP contribution in [-0.2, 0) is 11.2 Å². The maximum absolute atomic E-state index is 14.1. The summed E-state index contributed by atoms with van der Waals surface area (Å²) < 4.78 is 32.4. The van der Waals surface area contributed by atoms with Gasteiger partial charge in [0, 0.05) is 30.6 Å². The zero-order chi connectivity index (χ0) is 20.9. The van der Waals surface area contributed by atoms with Gasteiger partial charge in [0.2, 0.25) is 5.91 Å². The average molecular weight is 401 g/mol. The maximum atomic E-state index is 14.1. The fourth-order valence-corrected chi connectivity index (χ4v) is 3.78. The summed E-state index contributed by atoms with van der Waals surface area (Å²) in [6.45, 7) is 0.737. The van der Waals surface area contributed by atoms with Crippen LogP contribution in [0.2, 0.25) is 0 Å². The number of hydrogen-bond acceptors (Lipinski definition) is 3. The summed E-state index contributed by atoms with van der Waals surface area (Å²) in [4.78, 5) is 14.4. The van der Waals surface area contributed by atoms with Crippen LogP contribution in [0.5, 0.6) is 5.75 Å². The molecule has 4 nitrogen and oxygen atoms in total. The number of hydrogen-bond donors (Lipinski definition) is 1. The van der Waals surface area contributed by atoms with Crippen molar-refractivity contribution < 1.29 is 23.4 Å². The maximum Gasteiger partial charge on any atom is 0.246 e. The van der Waals surface area contributed by atoms with Crippen LogP contribution < -0.4 is 4.74 Å². The molecule has 1 N–H and O–H groups in total. The van der Waals surface area contributed by atoms with Gasteiger partial charge in [-0.1, -0.05) is 18.2 Å². The monoisotopic (exact) mass is 401 g/mol. The minimum Gasteiger partial charge on any atom is -0.497 e. The van der Waals surface area contributed by atoms with Gasteiger partial charge in [0.25, 0.3) is 0 Å². The summed E-state index contributed by atoms with van der Waals surface area (Å²) in [6, 6.07) is 10.8. The van der Waals surface area contributed by atoms with Crippen molar-refractivity contribution in [3.8, 4) is 5.75 Å². The van der Waals surface area contributed by atoms with Crippen molar-refractivity contribution in [3.63, 3.8) is 0 Å². The molecule has 1 aliphatic rings. The molecular weight excluding hydrogens is 376 g/mol. The summed E-state index contributed by atoms with van der Waals surface area (Å²) in [6.07, 6.45) is 4.88. The largest absolute Gasteiger partial charge is 0.497 e. The van der Waals surface area contributed by atoms with Crippen LogP contribution in [0, 0.1) is 17.0 Å². The first-order chi connectivity index (χ1) is 13.9. The van der Waals surface area contributed by atoms with Crippen molar-refractivity contribution in [2.24, 2.45) is 5.41 Å². The third kappa shape index (κ3) is 5.21. The third-order valence-corrected chi connectivity index (χ3v) is 5.42. The lowest BCUT2D eigenvalue weighted by Crippen LogP contribution is -2.48. The predicted molar refractivity (Wildman–Crippen MR) is 107 cm³/mol. The molecule has 3 rings (SSSR count). The van der Waals surface area contributed by atoms with Gasteiger partial charge in [0.1, 0.15) is 17.4 Å². The van der Waals surface area contributed by atoms with Crippen molar-refractivity contribution in [3.05, 3.63) is 71.3 Å². The SMILES string of the molecule is COc1ccc(/C=C/C(=O)N2CCCC(CO)(Cc3ccc(F)cc3F)C2)cc1. The molecular formula is C23H25F2NO3. The fourth-order valence-electron chi connectivity index (χ4n) is 3.78. The molecule has 1 aliphatic heterocycles. The number of amides is 1. The molecule has 1 saturated heterocycles. The molecule has 0 spiro atoms. The number of rotatable bonds is 6. The Morgan fingerprint density at radius 3 is 2.66 bits per heavy atom. The highest BCUT2D eigenvalue weighted by Crippen LogP contribution is 2.34. The molecule has 1 amide bonds. The van der Waals surface area contributed by atoms with E-state index in [1.54, 1.807) is 18.1 Å². The molecule has 0 saturated carbocycles. The molecule has 1 heterocycles. The lowest BCUT2D eigenvalue weighted by Gasteiger charge is -2.41. The van der Waals surface area contributed by atoms with Crippen molar-refractivity contribution in [1.29, 1.82) is 0 Å². The first-order valence-electron chi connectivity index (χ1n) is 9.60. The minimum absolute atomic E-state index is 0.155. The van der Waals surface area contributed by atoms with Crippen LogP contribution in [0.1, 0.15) is 24.0 Å². The number of aliphatic hydroxyl groups excluding tert-OH is 1. The summed E-state index contributed by atoms with van der Waals surface area (Å²) in [7, 11) is 1.59. The second-order valence-corrected chi connectivity index (χ2v) is 7.54. The van der Waals surface area contributed by atoms with Crippen LogP contribution in [0.4, 0.5) is 8.78 Å². The molecule has 0 aromatic heterocycles. The molecule has 0 aliphatic carbocycles.